The lowest BCUT2D eigenvalue weighted by molar-refractivity contribution is -0.113. The second-order valence-electron chi connectivity index (χ2n) is 7.98. The number of aryl methyl sites for hydroxylation is 3. The Morgan fingerprint density at radius 1 is 1.10 bits per heavy atom. The molecular formula is C22H25N3O3S2. The summed E-state index contributed by atoms with van der Waals surface area (Å²) in [6.07, 6.45) is 0. The van der Waals surface area contributed by atoms with Gasteiger partial charge >= 0.3 is 0 Å². The zero-order valence-corrected chi connectivity index (χ0v) is 18.9. The minimum Gasteiger partial charge on any atom is -0.325 e. The van der Waals surface area contributed by atoms with Crippen molar-refractivity contribution >= 4 is 44.0 Å². The van der Waals surface area contributed by atoms with Crippen molar-refractivity contribution in [3.63, 3.8) is 0 Å². The molecule has 2 atom stereocenters. The standard InChI is InChI=1S/C22H25N3O3S2/c1-14-5-8-17(9-6-14)25-20-13-30(27,28)12-19(20)24-22(25)29-11-21(26)23-18-10-15(2)4-7-16(18)3/h4-10,19-20H,11-13H2,1-3H3,(H,23,26). The van der Waals surface area contributed by atoms with E-state index in [1.807, 2.05) is 68.1 Å². The molecule has 158 valence electrons. The first-order chi connectivity index (χ1) is 14.2. The lowest BCUT2D eigenvalue weighted by Gasteiger charge is -2.26. The molecule has 0 aromatic heterocycles. The maximum atomic E-state index is 12.6. The third-order valence-electron chi connectivity index (χ3n) is 5.42. The van der Waals surface area contributed by atoms with E-state index in [0.29, 0.717) is 5.17 Å². The SMILES string of the molecule is Cc1ccc(N2C(SCC(=O)Nc3cc(C)ccc3C)=NC3CS(=O)(=O)CC32)cc1. The number of hydrogen-bond donors (Lipinski definition) is 1. The first kappa shape index (κ1) is 20.9. The van der Waals surface area contributed by atoms with Crippen LogP contribution in [0.1, 0.15) is 16.7 Å². The van der Waals surface area contributed by atoms with Gasteiger partial charge in [-0.2, -0.15) is 0 Å². The van der Waals surface area contributed by atoms with Gasteiger partial charge in [0.2, 0.25) is 5.91 Å². The van der Waals surface area contributed by atoms with Gasteiger partial charge in [0, 0.05) is 11.4 Å². The monoisotopic (exact) mass is 443 g/mol. The van der Waals surface area contributed by atoms with Gasteiger partial charge in [-0.25, -0.2) is 8.42 Å². The molecule has 6 nitrogen and oxygen atoms in total. The topological polar surface area (TPSA) is 78.8 Å². The predicted octanol–water partition coefficient (Wildman–Crippen LogP) is 3.33. The van der Waals surface area contributed by atoms with E-state index < -0.39 is 9.84 Å². The Morgan fingerprint density at radius 3 is 2.53 bits per heavy atom. The van der Waals surface area contributed by atoms with Crippen LogP contribution in [-0.2, 0) is 14.6 Å². The van der Waals surface area contributed by atoms with Crippen LogP contribution in [0.25, 0.3) is 0 Å². The van der Waals surface area contributed by atoms with Gasteiger partial charge in [-0.3, -0.25) is 9.79 Å². The number of carbonyl (C=O) groups excluding carboxylic acids is 1. The number of aliphatic imine (C=N–C) groups is 1. The highest BCUT2D eigenvalue weighted by atomic mass is 32.2. The summed E-state index contributed by atoms with van der Waals surface area (Å²) in [7, 11) is -3.10. The summed E-state index contributed by atoms with van der Waals surface area (Å²) >= 11 is 1.35. The van der Waals surface area contributed by atoms with E-state index in [1.54, 1.807) is 0 Å². The van der Waals surface area contributed by atoms with Gasteiger partial charge in [0.15, 0.2) is 15.0 Å². The summed E-state index contributed by atoms with van der Waals surface area (Å²) in [6.45, 7) is 5.96. The fraction of sp³-hybridized carbons (Fsp3) is 0.364. The van der Waals surface area contributed by atoms with Crippen LogP contribution < -0.4 is 10.2 Å². The summed E-state index contributed by atoms with van der Waals surface area (Å²) in [4.78, 5) is 19.2. The number of carbonyl (C=O) groups is 1. The van der Waals surface area contributed by atoms with Crippen molar-refractivity contribution in [3.05, 3.63) is 59.2 Å². The molecule has 30 heavy (non-hydrogen) atoms. The molecule has 1 fully saturated rings. The fourth-order valence-corrected chi connectivity index (χ4v) is 6.59. The van der Waals surface area contributed by atoms with Gasteiger partial charge in [-0.05, 0) is 50.1 Å². The molecule has 0 saturated carbocycles. The Morgan fingerprint density at radius 2 is 1.80 bits per heavy atom. The number of nitrogens with one attached hydrogen (secondary N) is 1. The van der Waals surface area contributed by atoms with Crippen molar-refractivity contribution in [1.82, 2.24) is 0 Å². The number of nitrogens with zero attached hydrogens (tertiary/aromatic N) is 2. The second kappa shape index (κ2) is 8.07. The van der Waals surface area contributed by atoms with E-state index in [2.05, 4.69) is 10.3 Å². The molecule has 1 amide bonds. The van der Waals surface area contributed by atoms with Crippen LogP contribution in [0.4, 0.5) is 11.4 Å². The molecule has 0 bridgehead atoms. The Labute approximate surface area is 181 Å². The summed E-state index contributed by atoms with van der Waals surface area (Å²) in [6, 6.07) is 13.4. The van der Waals surface area contributed by atoms with E-state index in [-0.39, 0.29) is 35.2 Å². The molecule has 2 heterocycles. The number of rotatable bonds is 4. The smallest absolute Gasteiger partial charge is 0.234 e. The maximum absolute atomic E-state index is 12.6. The van der Waals surface area contributed by atoms with Crippen LogP contribution in [0.3, 0.4) is 0 Å². The number of hydrogen-bond acceptors (Lipinski definition) is 6. The van der Waals surface area contributed by atoms with Crippen molar-refractivity contribution < 1.29 is 13.2 Å². The normalized spacial score (nSPS) is 22.0. The van der Waals surface area contributed by atoms with Crippen molar-refractivity contribution in [2.45, 2.75) is 32.9 Å². The highest BCUT2D eigenvalue weighted by molar-refractivity contribution is 8.14. The molecule has 0 spiro atoms. The van der Waals surface area contributed by atoms with Crippen LogP contribution in [0, 0.1) is 20.8 Å². The van der Waals surface area contributed by atoms with Crippen LogP contribution in [0.5, 0.6) is 0 Å². The molecule has 2 aliphatic rings. The third-order valence-corrected chi connectivity index (χ3v) is 8.08. The van der Waals surface area contributed by atoms with E-state index in [4.69, 9.17) is 0 Å². The molecule has 2 aromatic rings. The minimum atomic E-state index is -3.10. The Hall–Kier alpha value is -2.32. The van der Waals surface area contributed by atoms with Crippen molar-refractivity contribution in [3.8, 4) is 0 Å². The number of amides is 1. The molecule has 0 radical (unpaired) electrons. The van der Waals surface area contributed by atoms with Crippen LogP contribution in [0.15, 0.2) is 47.5 Å². The summed E-state index contributed by atoms with van der Waals surface area (Å²) in [5.74, 6) is 0.262. The van der Waals surface area contributed by atoms with Crippen molar-refractivity contribution in [2.75, 3.05) is 27.5 Å². The lowest BCUT2D eigenvalue weighted by Crippen LogP contribution is -2.39. The number of fused-ring (bicyclic) bond motifs is 1. The highest BCUT2D eigenvalue weighted by Crippen LogP contribution is 2.35. The van der Waals surface area contributed by atoms with Gasteiger partial charge in [0.05, 0.1) is 29.3 Å². The Balaban J connectivity index is 1.50. The van der Waals surface area contributed by atoms with Crippen molar-refractivity contribution in [2.24, 2.45) is 4.99 Å². The van der Waals surface area contributed by atoms with Crippen LogP contribution in [-0.4, -0.2) is 48.8 Å². The van der Waals surface area contributed by atoms with Gasteiger partial charge in [0.25, 0.3) is 0 Å². The van der Waals surface area contributed by atoms with E-state index in [9.17, 15) is 13.2 Å². The largest absolute Gasteiger partial charge is 0.325 e. The summed E-state index contributed by atoms with van der Waals surface area (Å²) in [5, 5.41) is 3.68. The molecule has 2 unspecified atom stereocenters. The number of amidine groups is 1. The molecular weight excluding hydrogens is 418 g/mol. The van der Waals surface area contributed by atoms with Gasteiger partial charge in [-0.15, -0.1) is 0 Å². The molecule has 1 N–H and O–H groups in total. The highest BCUT2D eigenvalue weighted by Gasteiger charge is 2.47. The van der Waals surface area contributed by atoms with Crippen LogP contribution in [0.2, 0.25) is 0 Å². The van der Waals surface area contributed by atoms with E-state index in [0.717, 1.165) is 28.1 Å². The average Bonchev–Trinajstić information content (AvgIpc) is 3.15. The molecule has 4 rings (SSSR count). The molecule has 2 aromatic carbocycles. The quantitative estimate of drug-likeness (QED) is 0.784. The minimum absolute atomic E-state index is 0.0682. The Kier molecular flexibility index (Phi) is 5.63. The number of benzene rings is 2. The number of anilines is 2. The first-order valence-corrected chi connectivity index (χ1v) is 12.7. The third kappa shape index (κ3) is 4.39. The maximum Gasteiger partial charge on any atom is 0.234 e. The van der Waals surface area contributed by atoms with E-state index in [1.165, 1.54) is 11.8 Å². The van der Waals surface area contributed by atoms with Crippen molar-refractivity contribution in [1.29, 1.82) is 0 Å². The number of sulfone groups is 1. The number of thioether (sulfide) groups is 1. The first-order valence-electron chi connectivity index (χ1n) is 9.86. The van der Waals surface area contributed by atoms with Crippen LogP contribution >= 0.6 is 11.8 Å². The van der Waals surface area contributed by atoms with E-state index >= 15 is 0 Å². The van der Waals surface area contributed by atoms with Gasteiger partial charge in [-0.1, -0.05) is 41.6 Å². The molecule has 8 heteroatoms. The fourth-order valence-electron chi connectivity index (χ4n) is 3.83. The van der Waals surface area contributed by atoms with Gasteiger partial charge in [0.1, 0.15) is 0 Å². The summed E-state index contributed by atoms with van der Waals surface area (Å²) in [5.41, 5.74) is 4.95. The Bertz CT molecular complexity index is 1110. The van der Waals surface area contributed by atoms with Gasteiger partial charge < -0.3 is 10.2 Å². The second-order valence-corrected chi connectivity index (χ2v) is 11.1. The zero-order valence-electron chi connectivity index (χ0n) is 17.3. The average molecular weight is 444 g/mol. The molecule has 0 aliphatic carbocycles. The molecule has 1 saturated heterocycles. The molecule has 2 aliphatic heterocycles. The summed E-state index contributed by atoms with van der Waals surface area (Å²) < 4.78 is 24.3. The predicted molar refractivity (Wildman–Crippen MR) is 124 cm³/mol. The zero-order chi connectivity index (χ0) is 21.5. The lowest BCUT2D eigenvalue weighted by atomic mass is 10.1.